The molecule has 2 aromatic carbocycles. The molecule has 0 aliphatic heterocycles. The van der Waals surface area contributed by atoms with Gasteiger partial charge in [0.1, 0.15) is 0 Å². The van der Waals surface area contributed by atoms with Gasteiger partial charge in [-0.1, -0.05) is 36.4 Å². The van der Waals surface area contributed by atoms with Crippen molar-refractivity contribution in [1.29, 1.82) is 0 Å². The van der Waals surface area contributed by atoms with Crippen LogP contribution in [0.1, 0.15) is 18.9 Å². The molecule has 33 heavy (non-hydrogen) atoms. The van der Waals surface area contributed by atoms with E-state index in [2.05, 4.69) is 24.4 Å². The first-order valence-electron chi connectivity index (χ1n) is 10.6. The van der Waals surface area contributed by atoms with Crippen LogP contribution < -0.4 is 31.0 Å². The minimum absolute atomic E-state index is 0.0702. The smallest absolute Gasteiger partial charge is 0.241 e. The Morgan fingerprint density at radius 1 is 1.12 bits per heavy atom. The SMILES string of the molecule is COc1cc(NC(C)C2(c3ccccc3N)C=CC(C=CC(N)=O)=CC2)cc(OC)c1OC. The van der Waals surface area contributed by atoms with E-state index in [1.54, 1.807) is 27.4 Å². The summed E-state index contributed by atoms with van der Waals surface area (Å²) in [6.45, 7) is 2.11. The molecule has 3 rings (SSSR count). The Hall–Kier alpha value is -3.87. The van der Waals surface area contributed by atoms with Gasteiger partial charge in [0.15, 0.2) is 11.5 Å². The number of benzene rings is 2. The number of hydrogen-bond acceptors (Lipinski definition) is 6. The van der Waals surface area contributed by atoms with Crippen molar-refractivity contribution >= 4 is 17.3 Å². The number of rotatable bonds is 9. The van der Waals surface area contributed by atoms with E-state index in [4.69, 9.17) is 25.7 Å². The van der Waals surface area contributed by atoms with Crippen LogP contribution in [0, 0.1) is 0 Å². The molecule has 1 aliphatic rings. The van der Waals surface area contributed by atoms with Gasteiger partial charge < -0.3 is 31.0 Å². The zero-order chi connectivity index (χ0) is 24.0. The topological polar surface area (TPSA) is 109 Å². The van der Waals surface area contributed by atoms with Crippen molar-refractivity contribution in [2.75, 3.05) is 32.4 Å². The van der Waals surface area contributed by atoms with Gasteiger partial charge in [-0.25, -0.2) is 0 Å². The maximum Gasteiger partial charge on any atom is 0.241 e. The van der Waals surface area contributed by atoms with E-state index in [0.29, 0.717) is 29.4 Å². The van der Waals surface area contributed by atoms with Gasteiger partial charge in [-0.3, -0.25) is 4.79 Å². The fourth-order valence-electron chi connectivity index (χ4n) is 4.19. The summed E-state index contributed by atoms with van der Waals surface area (Å²) in [6.07, 6.45) is 9.96. The second-order valence-corrected chi connectivity index (χ2v) is 7.88. The molecule has 1 aliphatic carbocycles. The van der Waals surface area contributed by atoms with Gasteiger partial charge in [-0.05, 0) is 36.6 Å². The molecule has 174 valence electrons. The van der Waals surface area contributed by atoms with Crippen molar-refractivity contribution < 1.29 is 19.0 Å². The fourth-order valence-corrected chi connectivity index (χ4v) is 4.19. The standard InChI is InChI=1S/C26H31N3O4/c1-17(29-19-15-22(31-2)25(33-4)23(16-19)32-3)26(20-7-5-6-8-21(20)27)13-11-18(12-14-26)9-10-24(28)30/h5-13,15-17,29H,14,27H2,1-4H3,(H2,28,30). The number of nitrogens with two attached hydrogens (primary N) is 2. The first-order chi connectivity index (χ1) is 15.8. The van der Waals surface area contributed by atoms with E-state index >= 15 is 0 Å². The molecule has 2 unspecified atom stereocenters. The molecule has 0 spiro atoms. The van der Waals surface area contributed by atoms with Gasteiger partial charge in [0.25, 0.3) is 0 Å². The van der Waals surface area contributed by atoms with Crippen LogP contribution in [0.3, 0.4) is 0 Å². The molecule has 2 aromatic rings. The molecule has 0 bridgehead atoms. The molecular formula is C26H31N3O4. The number of carbonyl (C=O) groups is 1. The number of hydrogen-bond donors (Lipinski definition) is 3. The molecule has 5 N–H and O–H groups in total. The van der Waals surface area contributed by atoms with Crippen molar-refractivity contribution in [1.82, 2.24) is 0 Å². The zero-order valence-electron chi connectivity index (χ0n) is 19.4. The Balaban J connectivity index is 2.01. The van der Waals surface area contributed by atoms with Crippen molar-refractivity contribution in [2.45, 2.75) is 24.8 Å². The fraction of sp³-hybridized carbons (Fsp3) is 0.269. The normalized spacial score (nSPS) is 18.5. The van der Waals surface area contributed by atoms with E-state index in [-0.39, 0.29) is 6.04 Å². The maximum atomic E-state index is 11.1. The Bertz CT molecular complexity index is 1080. The summed E-state index contributed by atoms with van der Waals surface area (Å²) >= 11 is 0. The lowest BCUT2D eigenvalue weighted by atomic mass is 9.69. The number of methoxy groups -OCH3 is 3. The molecule has 0 saturated heterocycles. The molecule has 7 nitrogen and oxygen atoms in total. The van der Waals surface area contributed by atoms with Crippen molar-refractivity contribution in [2.24, 2.45) is 5.73 Å². The van der Waals surface area contributed by atoms with Crippen LogP contribution in [-0.2, 0) is 10.2 Å². The highest BCUT2D eigenvalue weighted by molar-refractivity contribution is 5.86. The highest BCUT2D eigenvalue weighted by atomic mass is 16.5. The van der Waals surface area contributed by atoms with Crippen LogP contribution >= 0.6 is 0 Å². The third-order valence-corrected chi connectivity index (χ3v) is 5.97. The molecule has 0 heterocycles. The average Bonchev–Trinajstić information content (AvgIpc) is 2.82. The minimum Gasteiger partial charge on any atom is -0.493 e. The van der Waals surface area contributed by atoms with Crippen molar-refractivity contribution in [3.63, 3.8) is 0 Å². The summed E-state index contributed by atoms with van der Waals surface area (Å²) in [6, 6.07) is 11.5. The number of carbonyl (C=O) groups excluding carboxylic acids is 1. The number of ether oxygens (including phenoxy) is 3. The second-order valence-electron chi connectivity index (χ2n) is 7.88. The summed E-state index contributed by atoms with van der Waals surface area (Å²) in [7, 11) is 4.76. The van der Waals surface area contributed by atoms with E-state index in [0.717, 1.165) is 16.8 Å². The molecule has 7 heteroatoms. The van der Waals surface area contributed by atoms with Crippen LogP contribution in [0.25, 0.3) is 0 Å². The first-order valence-corrected chi connectivity index (χ1v) is 10.6. The Kier molecular flexibility index (Phi) is 7.33. The van der Waals surface area contributed by atoms with Crippen LogP contribution in [0.5, 0.6) is 17.2 Å². The zero-order valence-corrected chi connectivity index (χ0v) is 19.4. The van der Waals surface area contributed by atoms with E-state index in [9.17, 15) is 4.79 Å². The largest absolute Gasteiger partial charge is 0.493 e. The van der Waals surface area contributed by atoms with Crippen LogP contribution in [0.15, 0.2) is 72.4 Å². The van der Waals surface area contributed by atoms with Gasteiger partial charge in [0.2, 0.25) is 11.7 Å². The minimum atomic E-state index is -0.481. The van der Waals surface area contributed by atoms with Gasteiger partial charge >= 0.3 is 0 Å². The third-order valence-electron chi connectivity index (χ3n) is 5.97. The number of amides is 1. The quantitative estimate of drug-likeness (QED) is 0.395. The number of anilines is 2. The van der Waals surface area contributed by atoms with E-state index in [1.165, 1.54) is 6.08 Å². The summed E-state index contributed by atoms with van der Waals surface area (Å²) in [5.74, 6) is 1.19. The number of nitrogens with one attached hydrogen (secondary N) is 1. The lowest BCUT2D eigenvalue weighted by molar-refractivity contribution is -0.113. The molecule has 0 saturated carbocycles. The number of nitrogen functional groups attached to an aromatic ring is 1. The van der Waals surface area contributed by atoms with Gasteiger partial charge in [-0.15, -0.1) is 0 Å². The van der Waals surface area contributed by atoms with Crippen molar-refractivity contribution in [3.8, 4) is 17.2 Å². The predicted octanol–water partition coefficient (Wildman–Crippen LogP) is 3.96. The Labute approximate surface area is 194 Å². The molecule has 0 fully saturated rings. The van der Waals surface area contributed by atoms with Crippen LogP contribution in [0.4, 0.5) is 11.4 Å². The monoisotopic (exact) mass is 449 g/mol. The summed E-state index contributed by atoms with van der Waals surface area (Å²) in [5.41, 5.74) is 14.7. The average molecular weight is 450 g/mol. The molecule has 0 radical (unpaired) electrons. The lowest BCUT2D eigenvalue weighted by Crippen LogP contribution is -2.42. The van der Waals surface area contributed by atoms with Gasteiger partial charge in [0.05, 0.1) is 21.3 Å². The van der Waals surface area contributed by atoms with Crippen molar-refractivity contribution in [3.05, 3.63) is 77.9 Å². The lowest BCUT2D eigenvalue weighted by Gasteiger charge is -2.40. The first kappa shape index (κ1) is 23.8. The van der Waals surface area contributed by atoms with Crippen LogP contribution in [-0.4, -0.2) is 33.3 Å². The van der Waals surface area contributed by atoms with Crippen LogP contribution in [0.2, 0.25) is 0 Å². The summed E-state index contributed by atoms with van der Waals surface area (Å²) in [4.78, 5) is 11.1. The summed E-state index contributed by atoms with van der Waals surface area (Å²) in [5, 5.41) is 3.60. The number of primary amides is 1. The molecule has 2 atom stereocenters. The van der Waals surface area contributed by atoms with Gasteiger partial charge in [-0.2, -0.15) is 0 Å². The number of para-hydroxylation sites is 1. The predicted molar refractivity (Wildman–Crippen MR) is 132 cm³/mol. The highest BCUT2D eigenvalue weighted by Gasteiger charge is 2.38. The Morgan fingerprint density at radius 2 is 1.79 bits per heavy atom. The van der Waals surface area contributed by atoms with E-state index in [1.807, 2.05) is 42.5 Å². The highest BCUT2D eigenvalue weighted by Crippen LogP contribution is 2.44. The van der Waals surface area contributed by atoms with Gasteiger partial charge in [0, 0.05) is 41.0 Å². The summed E-state index contributed by atoms with van der Waals surface area (Å²) < 4.78 is 16.4. The number of allylic oxidation sites excluding steroid dienone is 4. The molecule has 1 amide bonds. The molecular weight excluding hydrogens is 418 g/mol. The molecule has 0 aromatic heterocycles. The van der Waals surface area contributed by atoms with E-state index < -0.39 is 11.3 Å². The Morgan fingerprint density at radius 3 is 2.30 bits per heavy atom. The third kappa shape index (κ3) is 4.98. The second kappa shape index (κ2) is 10.2. The maximum absolute atomic E-state index is 11.1.